The molecule has 0 aliphatic heterocycles. The van der Waals surface area contributed by atoms with Crippen LogP contribution in [0.15, 0.2) is 10.8 Å². The molecule has 0 aromatic carbocycles. The van der Waals surface area contributed by atoms with Crippen LogP contribution in [0.4, 0.5) is 0 Å². The highest BCUT2D eigenvalue weighted by molar-refractivity contribution is 9.11. The number of hydrogen-bond donors (Lipinski definition) is 0. The molecule has 0 heterocycles. The second kappa shape index (κ2) is 5.95. The molecule has 0 saturated carbocycles. The van der Waals surface area contributed by atoms with E-state index in [0.717, 1.165) is 0 Å². The van der Waals surface area contributed by atoms with E-state index in [1.54, 1.807) is 13.8 Å². The Bertz CT molecular complexity index is 159. The van der Waals surface area contributed by atoms with Crippen LogP contribution in [-0.2, 0) is 13.6 Å². The van der Waals surface area contributed by atoms with E-state index in [1.807, 2.05) is 0 Å². The summed E-state index contributed by atoms with van der Waals surface area (Å²) >= 11 is 3.01. The molecule has 0 N–H and O–H groups in total. The largest absolute Gasteiger partial charge is 0.354 e. The van der Waals surface area contributed by atoms with E-state index < -0.39 is 7.60 Å². The lowest BCUT2D eigenvalue weighted by Crippen LogP contribution is -1.91. The van der Waals surface area contributed by atoms with Crippen LogP contribution in [-0.4, -0.2) is 13.2 Å². The third-order valence-corrected chi connectivity index (χ3v) is 3.28. The summed E-state index contributed by atoms with van der Waals surface area (Å²) in [4.78, 5) is 1.49. The van der Waals surface area contributed by atoms with Crippen molar-refractivity contribution in [3.8, 4) is 0 Å². The van der Waals surface area contributed by atoms with Gasteiger partial charge in [0, 0.05) is 5.82 Å². The molecule has 0 aliphatic carbocycles. The molecule has 0 aliphatic rings. The monoisotopic (exact) mass is 242 g/mol. The van der Waals surface area contributed by atoms with Gasteiger partial charge >= 0.3 is 7.60 Å². The van der Waals surface area contributed by atoms with Crippen molar-refractivity contribution in [3.05, 3.63) is 10.8 Å². The van der Waals surface area contributed by atoms with E-state index in [9.17, 15) is 4.57 Å². The van der Waals surface area contributed by atoms with Crippen LogP contribution in [0, 0.1) is 0 Å². The second-order valence-corrected chi connectivity index (χ2v) is 4.07. The first-order valence-electron chi connectivity index (χ1n) is 3.35. The molecule has 3 nitrogen and oxygen atoms in total. The molecule has 0 radical (unpaired) electrons. The molecule has 0 unspecified atom stereocenters. The molecule has 0 rings (SSSR count). The topological polar surface area (TPSA) is 35.5 Å². The van der Waals surface area contributed by atoms with Crippen molar-refractivity contribution in [1.82, 2.24) is 0 Å². The fourth-order valence-corrected chi connectivity index (χ4v) is 2.53. The average Bonchev–Trinajstić information content (AvgIpc) is 1.88. The van der Waals surface area contributed by atoms with Gasteiger partial charge in [0.05, 0.1) is 13.2 Å². The van der Waals surface area contributed by atoms with E-state index in [-0.39, 0.29) is 0 Å². The van der Waals surface area contributed by atoms with Crippen molar-refractivity contribution in [1.29, 1.82) is 0 Å². The first kappa shape index (κ1) is 11.4. The van der Waals surface area contributed by atoms with Gasteiger partial charge in [-0.25, -0.2) is 0 Å². The van der Waals surface area contributed by atoms with Crippen molar-refractivity contribution in [2.45, 2.75) is 13.8 Å². The van der Waals surface area contributed by atoms with Crippen LogP contribution in [0.25, 0.3) is 0 Å². The third kappa shape index (κ3) is 4.75. The highest BCUT2D eigenvalue weighted by Crippen LogP contribution is 2.49. The summed E-state index contributed by atoms with van der Waals surface area (Å²) in [5.41, 5.74) is 0. The van der Waals surface area contributed by atoms with Crippen molar-refractivity contribution < 1.29 is 13.6 Å². The Morgan fingerprint density at radius 3 is 2.09 bits per heavy atom. The van der Waals surface area contributed by atoms with E-state index in [1.165, 1.54) is 10.8 Å². The van der Waals surface area contributed by atoms with Gasteiger partial charge in [0.1, 0.15) is 0 Å². The summed E-state index contributed by atoms with van der Waals surface area (Å²) in [5, 5.41) is 0. The van der Waals surface area contributed by atoms with E-state index >= 15 is 0 Å². The molecule has 0 spiro atoms. The molecule has 5 heteroatoms. The summed E-state index contributed by atoms with van der Waals surface area (Å²) in [5.74, 6) is 1.39. The van der Waals surface area contributed by atoms with Crippen LogP contribution in [0.1, 0.15) is 13.8 Å². The quantitative estimate of drug-likeness (QED) is 0.696. The maximum atomic E-state index is 11.5. The standard InChI is InChI=1S/C6H12BrO3P/c1-3-9-11(8,6-5-7)10-4-2/h5-6H,3-4H2,1-2H3/b6-5-. The SMILES string of the molecule is CCOP(=O)(/C=C\Br)OCC. The minimum Gasteiger partial charge on any atom is -0.306 e. The van der Waals surface area contributed by atoms with Crippen LogP contribution < -0.4 is 0 Å². The first-order chi connectivity index (χ1) is 5.18. The van der Waals surface area contributed by atoms with Gasteiger partial charge in [-0.2, -0.15) is 0 Å². The summed E-state index contributed by atoms with van der Waals surface area (Å²) in [7, 11) is -2.95. The Morgan fingerprint density at radius 1 is 1.36 bits per heavy atom. The lowest BCUT2D eigenvalue weighted by molar-refractivity contribution is 0.229. The lowest BCUT2D eigenvalue weighted by Gasteiger charge is -2.11. The molecule has 0 aromatic rings. The van der Waals surface area contributed by atoms with E-state index in [4.69, 9.17) is 9.05 Å². The number of halogens is 1. The maximum absolute atomic E-state index is 11.5. The van der Waals surface area contributed by atoms with E-state index in [2.05, 4.69) is 15.9 Å². The Balaban J connectivity index is 4.14. The van der Waals surface area contributed by atoms with Gasteiger partial charge in [0.2, 0.25) is 0 Å². The van der Waals surface area contributed by atoms with Crippen LogP contribution in [0.3, 0.4) is 0 Å². The first-order valence-corrected chi connectivity index (χ1v) is 5.88. The van der Waals surface area contributed by atoms with E-state index in [0.29, 0.717) is 13.2 Å². The summed E-state index contributed by atoms with van der Waals surface area (Å²) in [6, 6.07) is 0. The lowest BCUT2D eigenvalue weighted by atomic mass is 10.9. The van der Waals surface area contributed by atoms with Crippen molar-refractivity contribution in [2.24, 2.45) is 0 Å². The minimum absolute atomic E-state index is 0.384. The van der Waals surface area contributed by atoms with Crippen LogP contribution in [0.5, 0.6) is 0 Å². The zero-order chi connectivity index (χ0) is 8.74. The van der Waals surface area contributed by atoms with Gasteiger partial charge in [0.25, 0.3) is 0 Å². The average molecular weight is 243 g/mol. The van der Waals surface area contributed by atoms with Gasteiger partial charge < -0.3 is 9.05 Å². The second-order valence-electron chi connectivity index (χ2n) is 1.65. The molecule has 11 heavy (non-hydrogen) atoms. The Labute approximate surface area is 75.4 Å². The van der Waals surface area contributed by atoms with Crippen LogP contribution >= 0.6 is 23.5 Å². The summed E-state index contributed by atoms with van der Waals surface area (Å²) in [6.07, 6.45) is 0. The Hall–Kier alpha value is 0.370. The number of rotatable bonds is 5. The van der Waals surface area contributed by atoms with Gasteiger partial charge in [-0.1, -0.05) is 15.9 Å². The molecule has 0 fully saturated rings. The normalized spacial score (nSPS) is 12.6. The molecule has 0 atom stereocenters. The van der Waals surface area contributed by atoms with Crippen molar-refractivity contribution >= 4 is 23.5 Å². The number of hydrogen-bond acceptors (Lipinski definition) is 3. The zero-order valence-electron chi connectivity index (χ0n) is 6.62. The van der Waals surface area contributed by atoms with Crippen molar-refractivity contribution in [2.75, 3.05) is 13.2 Å². The Kier molecular flexibility index (Phi) is 6.15. The summed E-state index contributed by atoms with van der Waals surface area (Å²) < 4.78 is 21.3. The van der Waals surface area contributed by atoms with Crippen molar-refractivity contribution in [3.63, 3.8) is 0 Å². The predicted molar refractivity (Wildman–Crippen MR) is 48.9 cm³/mol. The minimum atomic E-state index is -2.95. The Morgan fingerprint density at radius 2 is 1.82 bits per heavy atom. The predicted octanol–water partition coefficient (Wildman–Crippen LogP) is 3.12. The molecular formula is C6H12BrO3P. The highest BCUT2D eigenvalue weighted by atomic mass is 79.9. The van der Waals surface area contributed by atoms with Crippen LogP contribution in [0.2, 0.25) is 0 Å². The fourth-order valence-electron chi connectivity index (χ4n) is 0.552. The highest BCUT2D eigenvalue weighted by Gasteiger charge is 2.17. The van der Waals surface area contributed by atoms with Gasteiger partial charge in [-0.15, -0.1) is 0 Å². The molecule has 0 saturated heterocycles. The third-order valence-electron chi connectivity index (χ3n) is 0.857. The molecular weight excluding hydrogens is 231 g/mol. The summed E-state index contributed by atoms with van der Waals surface area (Å²) in [6.45, 7) is 4.31. The maximum Gasteiger partial charge on any atom is 0.354 e. The fraction of sp³-hybridized carbons (Fsp3) is 0.667. The molecule has 0 bridgehead atoms. The zero-order valence-corrected chi connectivity index (χ0v) is 9.10. The van der Waals surface area contributed by atoms with Gasteiger partial charge in [0.15, 0.2) is 0 Å². The smallest absolute Gasteiger partial charge is 0.306 e. The molecule has 66 valence electrons. The molecule has 0 amide bonds. The van der Waals surface area contributed by atoms with Gasteiger partial charge in [-0.3, -0.25) is 4.57 Å². The van der Waals surface area contributed by atoms with Gasteiger partial charge in [-0.05, 0) is 18.8 Å². The molecule has 0 aromatic heterocycles.